The Morgan fingerprint density at radius 3 is 2.54 bits per heavy atom. The number of hydrogen-bond acceptors (Lipinski definition) is 3. The van der Waals surface area contributed by atoms with Gasteiger partial charge < -0.3 is 15.1 Å². The number of rotatable bonds is 6. The number of likely N-dealkylation sites (N-methyl/N-ethyl adjacent to an activating group) is 1. The molecule has 2 heterocycles. The van der Waals surface area contributed by atoms with Gasteiger partial charge in [-0.05, 0) is 35.6 Å². The molecule has 0 radical (unpaired) electrons. The molecular formula is C20H27IN4S. The van der Waals surface area contributed by atoms with Gasteiger partial charge in [-0.15, -0.1) is 35.3 Å². The van der Waals surface area contributed by atoms with Gasteiger partial charge in [-0.25, -0.2) is 0 Å². The number of guanidine groups is 1. The van der Waals surface area contributed by atoms with Gasteiger partial charge in [0.1, 0.15) is 0 Å². The van der Waals surface area contributed by atoms with Crippen LogP contribution >= 0.6 is 35.3 Å². The van der Waals surface area contributed by atoms with E-state index < -0.39 is 0 Å². The number of nitrogens with one attached hydrogen (secondary N) is 1. The van der Waals surface area contributed by atoms with Crippen molar-refractivity contribution in [3.63, 3.8) is 0 Å². The van der Waals surface area contributed by atoms with Gasteiger partial charge in [-0.2, -0.15) is 0 Å². The van der Waals surface area contributed by atoms with Crippen LogP contribution in [-0.4, -0.2) is 44.6 Å². The predicted molar refractivity (Wildman–Crippen MR) is 124 cm³/mol. The van der Waals surface area contributed by atoms with E-state index in [4.69, 9.17) is 0 Å². The molecule has 6 heteroatoms. The summed E-state index contributed by atoms with van der Waals surface area (Å²) in [7, 11) is 3.93. The van der Waals surface area contributed by atoms with E-state index in [1.807, 2.05) is 18.4 Å². The Labute approximate surface area is 177 Å². The highest BCUT2D eigenvalue weighted by molar-refractivity contribution is 14.0. The zero-order valence-corrected chi connectivity index (χ0v) is 18.5. The number of hydrogen-bond donors (Lipinski definition) is 1. The molecule has 0 fully saturated rings. The van der Waals surface area contributed by atoms with Crippen molar-refractivity contribution in [2.24, 2.45) is 4.99 Å². The van der Waals surface area contributed by atoms with Crippen molar-refractivity contribution in [2.45, 2.75) is 13.0 Å². The molecule has 1 aromatic heterocycles. The first-order valence-electron chi connectivity index (χ1n) is 8.69. The third-order valence-corrected chi connectivity index (χ3v) is 5.35. The van der Waals surface area contributed by atoms with Crippen molar-refractivity contribution in [1.82, 2.24) is 10.2 Å². The molecule has 0 spiro atoms. The molecule has 0 saturated carbocycles. The Morgan fingerprint density at radius 1 is 1.19 bits per heavy atom. The van der Waals surface area contributed by atoms with Crippen LogP contribution in [0.3, 0.4) is 0 Å². The molecule has 140 valence electrons. The number of aliphatic imine (C=N–C) groups is 1. The summed E-state index contributed by atoms with van der Waals surface area (Å²) >= 11 is 1.81. The van der Waals surface area contributed by atoms with Crippen LogP contribution in [0.1, 0.15) is 10.4 Å². The van der Waals surface area contributed by atoms with E-state index >= 15 is 0 Å². The van der Waals surface area contributed by atoms with Crippen molar-refractivity contribution >= 4 is 47.0 Å². The van der Waals surface area contributed by atoms with E-state index in [2.05, 4.69) is 81.1 Å². The van der Waals surface area contributed by atoms with Crippen molar-refractivity contribution in [1.29, 1.82) is 0 Å². The van der Waals surface area contributed by atoms with Crippen molar-refractivity contribution in [3.05, 3.63) is 64.4 Å². The fourth-order valence-corrected chi connectivity index (χ4v) is 3.62. The first-order valence-corrected chi connectivity index (χ1v) is 9.57. The third kappa shape index (κ3) is 5.74. The Bertz CT molecular complexity index is 702. The van der Waals surface area contributed by atoms with Crippen LogP contribution in [0.5, 0.6) is 0 Å². The predicted octanol–water partition coefficient (Wildman–Crippen LogP) is 3.99. The highest BCUT2D eigenvalue weighted by Crippen LogP contribution is 2.17. The summed E-state index contributed by atoms with van der Waals surface area (Å²) in [6.45, 7) is 3.77. The fourth-order valence-electron chi connectivity index (χ4n) is 2.92. The molecule has 0 amide bonds. The monoisotopic (exact) mass is 482 g/mol. The maximum atomic E-state index is 4.40. The second-order valence-corrected chi connectivity index (χ2v) is 7.23. The first-order chi connectivity index (χ1) is 12.3. The minimum absolute atomic E-state index is 0. The molecule has 1 aromatic carbocycles. The van der Waals surface area contributed by atoms with Crippen LogP contribution in [0.4, 0.5) is 5.69 Å². The Kier molecular flexibility index (Phi) is 8.44. The molecule has 0 aliphatic carbocycles. The van der Waals surface area contributed by atoms with Gasteiger partial charge in [-0.1, -0.05) is 30.4 Å². The number of benzene rings is 1. The molecule has 1 aliphatic heterocycles. The summed E-state index contributed by atoms with van der Waals surface area (Å²) in [4.78, 5) is 10.4. The number of nitrogens with zero attached hydrogens (tertiary/aromatic N) is 3. The number of thiophene rings is 1. The van der Waals surface area contributed by atoms with Crippen LogP contribution in [0.25, 0.3) is 0 Å². The summed E-state index contributed by atoms with van der Waals surface area (Å²) < 4.78 is 0. The van der Waals surface area contributed by atoms with E-state index in [0.717, 1.165) is 38.6 Å². The number of halogens is 1. The molecule has 3 rings (SSSR count). The van der Waals surface area contributed by atoms with Crippen molar-refractivity contribution in [2.75, 3.05) is 38.6 Å². The molecule has 0 saturated heterocycles. The first kappa shape index (κ1) is 20.8. The highest BCUT2D eigenvalue weighted by Gasteiger charge is 2.08. The molecular weight excluding hydrogens is 455 g/mol. The molecule has 0 bridgehead atoms. The maximum Gasteiger partial charge on any atom is 0.193 e. The van der Waals surface area contributed by atoms with Crippen LogP contribution in [0.2, 0.25) is 0 Å². The van der Waals surface area contributed by atoms with E-state index in [1.165, 1.54) is 16.1 Å². The lowest BCUT2D eigenvalue weighted by Gasteiger charge is -2.22. The van der Waals surface area contributed by atoms with Gasteiger partial charge in [0, 0.05) is 50.8 Å². The maximum absolute atomic E-state index is 4.40. The van der Waals surface area contributed by atoms with Crippen LogP contribution in [-0.2, 0) is 13.0 Å². The summed E-state index contributed by atoms with van der Waals surface area (Å²) in [6.07, 6.45) is 5.48. The minimum atomic E-state index is 0. The average Bonchev–Trinajstić information content (AvgIpc) is 3.35. The molecule has 1 N–H and O–H groups in total. The van der Waals surface area contributed by atoms with Gasteiger partial charge in [0.2, 0.25) is 0 Å². The van der Waals surface area contributed by atoms with E-state index in [-0.39, 0.29) is 24.0 Å². The van der Waals surface area contributed by atoms with Crippen molar-refractivity contribution in [3.8, 4) is 0 Å². The zero-order chi connectivity index (χ0) is 17.5. The van der Waals surface area contributed by atoms with Gasteiger partial charge in [-0.3, -0.25) is 4.99 Å². The number of anilines is 1. The van der Waals surface area contributed by atoms with Gasteiger partial charge in [0.05, 0.1) is 0 Å². The Balaban J connectivity index is 0.00000243. The molecule has 2 aromatic rings. The third-order valence-electron chi connectivity index (χ3n) is 4.42. The Morgan fingerprint density at radius 2 is 1.92 bits per heavy atom. The quantitative estimate of drug-likeness (QED) is 0.293. The molecule has 0 atom stereocenters. The zero-order valence-electron chi connectivity index (χ0n) is 15.4. The molecule has 4 nitrogen and oxygen atoms in total. The lowest BCUT2D eigenvalue weighted by molar-refractivity contribution is 0.486. The summed E-state index contributed by atoms with van der Waals surface area (Å²) in [5, 5.41) is 5.59. The lowest BCUT2D eigenvalue weighted by atomic mass is 10.2. The second-order valence-electron chi connectivity index (χ2n) is 6.19. The standard InChI is InChI=1S/C20H26N4S.HI/c1-21-20(23(2)14-11-19-6-5-15-25-19)22-16-17-7-9-18(10-8-17)24-12-3-4-13-24;/h3-10,15H,11-14,16H2,1-2H3,(H,21,22);1H. The van der Waals surface area contributed by atoms with Gasteiger partial charge in [0.15, 0.2) is 5.96 Å². The van der Waals surface area contributed by atoms with E-state index in [1.54, 1.807) is 0 Å². The topological polar surface area (TPSA) is 30.9 Å². The fraction of sp³-hybridized carbons (Fsp3) is 0.350. The van der Waals surface area contributed by atoms with Crippen LogP contribution in [0, 0.1) is 0 Å². The second kappa shape index (κ2) is 10.6. The minimum Gasteiger partial charge on any atom is -0.364 e. The largest absolute Gasteiger partial charge is 0.364 e. The van der Waals surface area contributed by atoms with Crippen LogP contribution in [0.15, 0.2) is 58.9 Å². The van der Waals surface area contributed by atoms with E-state index in [0.29, 0.717) is 0 Å². The van der Waals surface area contributed by atoms with E-state index in [9.17, 15) is 0 Å². The molecule has 0 unspecified atom stereocenters. The molecule has 1 aliphatic rings. The Hall–Kier alpha value is -1.54. The summed E-state index contributed by atoms with van der Waals surface area (Å²) in [5.74, 6) is 0.935. The van der Waals surface area contributed by atoms with Crippen LogP contribution < -0.4 is 10.2 Å². The summed E-state index contributed by atoms with van der Waals surface area (Å²) in [5.41, 5.74) is 2.55. The highest BCUT2D eigenvalue weighted by atomic mass is 127. The van der Waals surface area contributed by atoms with Gasteiger partial charge >= 0.3 is 0 Å². The SMILES string of the molecule is CN=C(NCc1ccc(N2CC=CC2)cc1)N(C)CCc1cccs1.I. The average molecular weight is 482 g/mol. The smallest absolute Gasteiger partial charge is 0.193 e. The molecule has 26 heavy (non-hydrogen) atoms. The summed E-state index contributed by atoms with van der Waals surface area (Å²) in [6, 6.07) is 13.1. The lowest BCUT2D eigenvalue weighted by Crippen LogP contribution is -2.39. The van der Waals surface area contributed by atoms with Crippen molar-refractivity contribution < 1.29 is 0 Å². The normalized spacial score (nSPS) is 13.6. The van der Waals surface area contributed by atoms with Gasteiger partial charge in [0.25, 0.3) is 0 Å².